The monoisotopic (exact) mass is 772 g/mol. The lowest BCUT2D eigenvalue weighted by molar-refractivity contribution is -0.904. The topological polar surface area (TPSA) is 99.2 Å². The van der Waals surface area contributed by atoms with Gasteiger partial charge in [0.2, 0.25) is 18.3 Å². The number of halogens is 3. The van der Waals surface area contributed by atoms with Crippen LogP contribution < -0.4 is 4.73 Å². The zero-order valence-corrected chi connectivity index (χ0v) is 29.4. The normalized spacial score (nSPS) is 19.1. The Labute approximate surface area is 290 Å². The molecule has 2 aromatic heterocycles. The minimum atomic E-state index is -0.131. The maximum absolute atomic E-state index is 13.4. The Morgan fingerprint density at radius 2 is 1.67 bits per heavy atom. The van der Waals surface area contributed by atoms with Crippen molar-refractivity contribution in [3.8, 4) is 0 Å². The Morgan fingerprint density at radius 3 is 2.41 bits per heavy atom. The number of carbonyl (C=O) groups excluding carboxylic acids is 2. The van der Waals surface area contributed by atoms with Gasteiger partial charge in [-0.15, -0.1) is 0 Å². The molecule has 3 aromatic rings. The van der Waals surface area contributed by atoms with Crippen LogP contribution in [0.5, 0.6) is 0 Å². The molecule has 1 N–H and O–H groups in total. The van der Waals surface area contributed by atoms with Crippen molar-refractivity contribution in [2.45, 2.75) is 50.9 Å². The summed E-state index contributed by atoms with van der Waals surface area (Å²) < 4.78 is 2.97. The number of aromatic nitrogens is 2. The van der Waals surface area contributed by atoms with Crippen molar-refractivity contribution in [1.82, 2.24) is 14.8 Å². The van der Waals surface area contributed by atoms with Crippen LogP contribution in [0.2, 0.25) is 5.02 Å². The van der Waals surface area contributed by atoms with Gasteiger partial charge in [-0.1, -0.05) is 32.7 Å². The van der Waals surface area contributed by atoms with E-state index in [0.29, 0.717) is 25.4 Å². The number of benzene rings is 1. The first-order valence-corrected chi connectivity index (χ1v) is 17.7. The standard InChI is InChI=1S/C34H37Br2ClN5O4/c35-27-16-26-2-1-25-17-28(37)18-29(36)32(25)33(34(26)38-20-27)24-7-11-40(12-8-24)30(43)15-22-3-9-41(10-4-22)31(44)21-46-39-19-23-5-13-42(45)14-6-23/h5-6,13-14,16-20,22,24,33,45H,1-4,7-12,15,21H2/q+1/b39-19+/t33-/m1/s1. The van der Waals surface area contributed by atoms with E-state index in [1.165, 1.54) is 35.3 Å². The minimum Gasteiger partial charge on any atom is -0.386 e. The van der Waals surface area contributed by atoms with Gasteiger partial charge < -0.3 is 14.6 Å². The minimum absolute atomic E-state index is 0.109. The number of amides is 2. The average molecular weight is 775 g/mol. The lowest BCUT2D eigenvalue weighted by Crippen LogP contribution is -2.43. The van der Waals surface area contributed by atoms with Gasteiger partial charge in [0.25, 0.3) is 5.91 Å². The fourth-order valence-corrected chi connectivity index (χ4v) is 8.57. The second-order valence-electron chi connectivity index (χ2n) is 12.4. The predicted molar refractivity (Wildman–Crippen MR) is 181 cm³/mol. The summed E-state index contributed by atoms with van der Waals surface area (Å²) in [6.07, 6.45) is 12.2. The van der Waals surface area contributed by atoms with Crippen LogP contribution in [0.25, 0.3) is 0 Å². The fraction of sp³-hybridized carbons (Fsp3) is 0.441. The van der Waals surface area contributed by atoms with E-state index in [1.807, 2.05) is 17.2 Å². The van der Waals surface area contributed by atoms with Crippen LogP contribution in [0.4, 0.5) is 0 Å². The number of nitrogens with zero attached hydrogens (tertiary/aromatic N) is 5. The molecule has 1 atom stereocenters. The van der Waals surface area contributed by atoms with E-state index in [1.54, 1.807) is 17.0 Å². The quantitative estimate of drug-likeness (QED) is 0.139. The van der Waals surface area contributed by atoms with E-state index in [0.717, 1.165) is 81.6 Å². The Balaban J connectivity index is 1.000. The first-order chi connectivity index (χ1) is 22.2. The molecule has 6 rings (SSSR count). The van der Waals surface area contributed by atoms with E-state index in [4.69, 9.17) is 21.4 Å². The predicted octanol–water partition coefficient (Wildman–Crippen LogP) is 5.93. The smallest absolute Gasteiger partial charge is 0.263 e. The summed E-state index contributed by atoms with van der Waals surface area (Å²) in [7, 11) is 0. The molecular formula is C34H37Br2ClN5O4+. The summed E-state index contributed by atoms with van der Waals surface area (Å²) in [4.78, 5) is 40.0. The zero-order valence-electron chi connectivity index (χ0n) is 25.5. The Bertz CT molecular complexity index is 1610. The third kappa shape index (κ3) is 7.74. The number of oxime groups is 1. The maximum Gasteiger partial charge on any atom is 0.263 e. The van der Waals surface area contributed by atoms with Crippen molar-refractivity contribution in [3.63, 3.8) is 0 Å². The number of rotatable bonds is 7. The number of carbonyl (C=O) groups is 2. The van der Waals surface area contributed by atoms with Crippen LogP contribution in [0.3, 0.4) is 0 Å². The lowest BCUT2D eigenvalue weighted by Gasteiger charge is -2.38. The van der Waals surface area contributed by atoms with Gasteiger partial charge in [-0.2, -0.15) is 0 Å². The summed E-state index contributed by atoms with van der Waals surface area (Å²) >= 11 is 13.9. The molecule has 2 aliphatic heterocycles. The van der Waals surface area contributed by atoms with Crippen LogP contribution in [-0.2, 0) is 27.3 Å². The molecule has 2 fully saturated rings. The highest BCUT2D eigenvalue weighted by molar-refractivity contribution is 9.10. The third-order valence-corrected chi connectivity index (χ3v) is 10.8. The fourth-order valence-electron chi connectivity index (χ4n) is 7.07. The van der Waals surface area contributed by atoms with Crippen LogP contribution in [0.15, 0.2) is 63.0 Å². The van der Waals surface area contributed by atoms with Crippen molar-refractivity contribution < 1.29 is 24.4 Å². The van der Waals surface area contributed by atoms with E-state index >= 15 is 0 Å². The Kier molecular flexibility index (Phi) is 10.6. The maximum atomic E-state index is 13.4. The molecule has 4 heterocycles. The van der Waals surface area contributed by atoms with Crippen LogP contribution >= 0.6 is 43.5 Å². The highest BCUT2D eigenvalue weighted by Crippen LogP contribution is 2.46. The number of aryl methyl sites for hydroxylation is 2. The summed E-state index contributed by atoms with van der Waals surface area (Å²) in [5.41, 5.74) is 5.72. The summed E-state index contributed by atoms with van der Waals surface area (Å²) in [6, 6.07) is 9.65. The number of likely N-dealkylation sites (tertiary alicyclic amines) is 2. The molecule has 9 nitrogen and oxygen atoms in total. The number of pyridine rings is 2. The van der Waals surface area contributed by atoms with Crippen molar-refractivity contribution in [1.29, 1.82) is 0 Å². The highest BCUT2D eigenvalue weighted by Gasteiger charge is 2.37. The molecule has 46 heavy (non-hydrogen) atoms. The number of hydrogen-bond acceptors (Lipinski definition) is 6. The molecule has 0 saturated carbocycles. The molecular weight excluding hydrogens is 738 g/mol. The molecule has 1 aliphatic carbocycles. The number of piperidine rings is 2. The van der Waals surface area contributed by atoms with Crippen LogP contribution in [0, 0.1) is 11.8 Å². The van der Waals surface area contributed by atoms with E-state index in [9.17, 15) is 14.8 Å². The largest absolute Gasteiger partial charge is 0.386 e. The highest BCUT2D eigenvalue weighted by atomic mass is 79.9. The average Bonchev–Trinajstić information content (AvgIpc) is 3.21. The molecule has 2 saturated heterocycles. The summed E-state index contributed by atoms with van der Waals surface area (Å²) in [5.74, 6) is 0.886. The van der Waals surface area contributed by atoms with Crippen molar-refractivity contribution in [3.05, 3.63) is 90.8 Å². The summed E-state index contributed by atoms with van der Waals surface area (Å²) in [6.45, 7) is 2.58. The third-order valence-electron chi connectivity index (χ3n) is 9.52. The second-order valence-corrected chi connectivity index (χ2v) is 14.6. The molecule has 2 amide bonds. The van der Waals surface area contributed by atoms with E-state index in [-0.39, 0.29) is 30.3 Å². The Hall–Kier alpha value is -3.02. The van der Waals surface area contributed by atoms with Crippen molar-refractivity contribution in [2.75, 3.05) is 32.8 Å². The van der Waals surface area contributed by atoms with Crippen LogP contribution in [0.1, 0.15) is 66.0 Å². The lowest BCUT2D eigenvalue weighted by atomic mass is 9.76. The molecule has 12 heteroatoms. The van der Waals surface area contributed by atoms with Gasteiger partial charge in [-0.25, -0.2) is 0 Å². The molecule has 0 bridgehead atoms. The van der Waals surface area contributed by atoms with Gasteiger partial charge in [-0.05, 0) is 101 Å². The van der Waals surface area contributed by atoms with Crippen LogP contribution in [-0.4, -0.2) is 70.8 Å². The second kappa shape index (κ2) is 14.8. The van der Waals surface area contributed by atoms with Crippen molar-refractivity contribution in [2.24, 2.45) is 17.0 Å². The number of fused-ring (bicyclic) bond motifs is 2. The molecule has 3 aliphatic rings. The molecule has 0 unspecified atom stereocenters. The van der Waals surface area contributed by atoms with E-state index < -0.39 is 0 Å². The van der Waals surface area contributed by atoms with Gasteiger partial charge in [0.1, 0.15) is 0 Å². The van der Waals surface area contributed by atoms with Gasteiger partial charge in [0.15, 0.2) is 6.61 Å². The van der Waals surface area contributed by atoms with Gasteiger partial charge in [0.05, 0.1) is 11.9 Å². The van der Waals surface area contributed by atoms with Gasteiger partial charge in [0, 0.05) is 81.1 Å². The molecule has 242 valence electrons. The van der Waals surface area contributed by atoms with Gasteiger partial charge >= 0.3 is 0 Å². The first kappa shape index (κ1) is 32.9. The summed E-state index contributed by atoms with van der Waals surface area (Å²) in [5, 5.41) is 13.9. The number of hydrogen-bond donors (Lipinski definition) is 1. The molecule has 1 aromatic carbocycles. The van der Waals surface area contributed by atoms with Crippen molar-refractivity contribution >= 4 is 61.5 Å². The van der Waals surface area contributed by atoms with E-state index in [2.05, 4.69) is 49.1 Å². The first-order valence-electron chi connectivity index (χ1n) is 15.8. The zero-order chi connectivity index (χ0) is 32.2. The van der Waals surface area contributed by atoms with Gasteiger partial charge in [-0.3, -0.25) is 19.8 Å². The Morgan fingerprint density at radius 1 is 1.00 bits per heavy atom. The SMILES string of the molecule is O=C(CO/N=C/c1cc[n+](O)cc1)N1CCC(CC(=O)N2CCC([C@H]3c4ncc(Br)cc4CCc4cc(Cl)cc(Br)c43)CC2)CC1. The molecule has 0 spiro atoms. The molecule has 0 radical (unpaired) electrons.